The molecule has 7 heteroatoms. The largest absolute Gasteiger partial charge is 0.389 e. The molecule has 2 heterocycles. The molecule has 0 aliphatic carbocycles. The Morgan fingerprint density at radius 1 is 1.00 bits per heavy atom. The number of halogens is 3. The van der Waals surface area contributed by atoms with Gasteiger partial charge in [-0.2, -0.15) is 0 Å². The zero-order valence-corrected chi connectivity index (χ0v) is 20.4. The molecule has 4 aromatic rings. The van der Waals surface area contributed by atoms with Crippen molar-refractivity contribution < 1.29 is 9.50 Å². The van der Waals surface area contributed by atoms with Crippen molar-refractivity contribution in [3.63, 3.8) is 0 Å². The summed E-state index contributed by atoms with van der Waals surface area (Å²) in [6.45, 7) is 0.587. The molecule has 1 aromatic heterocycles. The monoisotopic (exact) mass is 510 g/mol. The van der Waals surface area contributed by atoms with Crippen molar-refractivity contribution in [2.45, 2.75) is 36.8 Å². The lowest BCUT2D eigenvalue weighted by molar-refractivity contribution is -0.0188. The molecular formula is C28H25Cl2FN2O2. The number of aromatic amines is 1. The van der Waals surface area contributed by atoms with Crippen molar-refractivity contribution >= 4 is 34.1 Å². The van der Waals surface area contributed by atoms with E-state index < -0.39 is 11.5 Å². The van der Waals surface area contributed by atoms with Crippen LogP contribution in [0.5, 0.6) is 0 Å². The molecule has 0 radical (unpaired) electrons. The summed E-state index contributed by atoms with van der Waals surface area (Å²) in [5.41, 5.74) is 1.52. The molecule has 3 atom stereocenters. The summed E-state index contributed by atoms with van der Waals surface area (Å²) in [6, 6.07) is 20.8. The quantitative estimate of drug-likeness (QED) is 0.316. The minimum Gasteiger partial charge on any atom is -0.389 e. The lowest BCUT2D eigenvalue weighted by Crippen LogP contribution is -2.52. The Morgan fingerprint density at radius 3 is 2.46 bits per heavy atom. The molecule has 0 bridgehead atoms. The summed E-state index contributed by atoms with van der Waals surface area (Å²) in [5, 5.41) is 17.6. The Kier molecular flexibility index (Phi) is 6.69. The summed E-state index contributed by atoms with van der Waals surface area (Å²) in [6.07, 6.45) is 1.53. The summed E-state index contributed by atoms with van der Waals surface area (Å²) in [7, 11) is 0. The first-order valence-electron chi connectivity index (χ1n) is 11.6. The first-order chi connectivity index (χ1) is 16.8. The zero-order valence-electron chi connectivity index (χ0n) is 18.9. The standard InChI is InChI=1S/C28H25Cl2FN2O2/c29-20-5-3-18(4-6-20)26(24-15-19-14-21(30)7-10-25(19)33-27(24)34)28(35)11-12-32-23(16-28)13-17-1-8-22(31)9-2-17/h1-10,14-15,23,26,32,35H,11-13,16H2,(H,33,34). The molecule has 1 aliphatic heterocycles. The van der Waals surface area contributed by atoms with E-state index in [4.69, 9.17) is 23.2 Å². The third-order valence-corrected chi connectivity index (χ3v) is 7.36. The second-order valence-corrected chi connectivity index (χ2v) is 10.2. The highest BCUT2D eigenvalue weighted by atomic mass is 35.5. The Hall–Kier alpha value is -2.70. The minimum atomic E-state index is -1.19. The van der Waals surface area contributed by atoms with Crippen LogP contribution in [0.25, 0.3) is 10.9 Å². The van der Waals surface area contributed by atoms with Gasteiger partial charge < -0.3 is 15.4 Å². The molecule has 1 aliphatic rings. The van der Waals surface area contributed by atoms with Crippen LogP contribution in [-0.2, 0) is 6.42 Å². The van der Waals surface area contributed by atoms with E-state index in [1.54, 1.807) is 42.5 Å². The maximum atomic E-state index is 13.4. The van der Waals surface area contributed by atoms with Gasteiger partial charge >= 0.3 is 0 Å². The van der Waals surface area contributed by atoms with Crippen LogP contribution >= 0.6 is 23.2 Å². The first kappa shape index (κ1) is 24.0. The summed E-state index contributed by atoms with van der Waals surface area (Å²) < 4.78 is 13.4. The number of hydrogen-bond acceptors (Lipinski definition) is 3. The third-order valence-electron chi connectivity index (χ3n) is 6.87. The average Bonchev–Trinajstić information content (AvgIpc) is 2.82. The number of hydrogen-bond donors (Lipinski definition) is 3. The van der Waals surface area contributed by atoms with Crippen molar-refractivity contribution in [2.75, 3.05) is 6.54 Å². The second kappa shape index (κ2) is 9.75. The van der Waals surface area contributed by atoms with E-state index in [9.17, 15) is 14.3 Å². The average molecular weight is 511 g/mol. The van der Waals surface area contributed by atoms with Gasteiger partial charge in [0.2, 0.25) is 0 Å². The normalized spacial score (nSPS) is 21.2. The topological polar surface area (TPSA) is 65.1 Å². The van der Waals surface area contributed by atoms with Crippen LogP contribution in [0.3, 0.4) is 0 Å². The molecule has 0 saturated carbocycles. The molecule has 180 valence electrons. The van der Waals surface area contributed by atoms with Crippen LogP contribution in [0, 0.1) is 5.82 Å². The number of H-pyrrole nitrogens is 1. The number of aliphatic hydroxyl groups is 1. The fourth-order valence-electron chi connectivity index (χ4n) is 5.25. The highest BCUT2D eigenvalue weighted by Crippen LogP contribution is 2.41. The SMILES string of the molecule is O=c1[nH]c2ccc(Cl)cc2cc1C(c1ccc(Cl)cc1)C1(O)CCNC(Cc2ccc(F)cc2)C1. The predicted molar refractivity (Wildman–Crippen MR) is 139 cm³/mol. The predicted octanol–water partition coefficient (Wildman–Crippen LogP) is 5.83. The molecule has 3 N–H and O–H groups in total. The molecule has 3 unspecified atom stereocenters. The van der Waals surface area contributed by atoms with Gasteiger partial charge in [0.1, 0.15) is 5.82 Å². The van der Waals surface area contributed by atoms with Crippen molar-refractivity contribution in [2.24, 2.45) is 0 Å². The van der Waals surface area contributed by atoms with Crippen LogP contribution in [0.4, 0.5) is 4.39 Å². The van der Waals surface area contributed by atoms with E-state index in [2.05, 4.69) is 10.3 Å². The maximum Gasteiger partial charge on any atom is 0.252 e. The van der Waals surface area contributed by atoms with E-state index in [0.29, 0.717) is 46.9 Å². The van der Waals surface area contributed by atoms with Crippen LogP contribution in [-0.4, -0.2) is 28.3 Å². The van der Waals surface area contributed by atoms with Gasteiger partial charge in [0.25, 0.3) is 5.56 Å². The van der Waals surface area contributed by atoms with Crippen molar-refractivity contribution in [3.05, 3.63) is 116 Å². The molecule has 0 spiro atoms. The smallest absolute Gasteiger partial charge is 0.252 e. The minimum absolute atomic E-state index is 0.0389. The maximum absolute atomic E-state index is 13.4. The van der Waals surface area contributed by atoms with Crippen LogP contribution in [0.15, 0.2) is 77.6 Å². The van der Waals surface area contributed by atoms with Gasteiger partial charge in [-0.1, -0.05) is 47.5 Å². The third kappa shape index (κ3) is 5.14. The highest BCUT2D eigenvalue weighted by molar-refractivity contribution is 6.31. The van der Waals surface area contributed by atoms with E-state index in [1.165, 1.54) is 12.1 Å². The Labute approximate surface area is 212 Å². The first-order valence-corrected chi connectivity index (χ1v) is 12.3. The van der Waals surface area contributed by atoms with Crippen LogP contribution < -0.4 is 10.9 Å². The Morgan fingerprint density at radius 2 is 1.71 bits per heavy atom. The van der Waals surface area contributed by atoms with E-state index in [1.807, 2.05) is 18.2 Å². The van der Waals surface area contributed by atoms with Crippen molar-refractivity contribution in [3.8, 4) is 0 Å². The fraction of sp³-hybridized carbons (Fsp3) is 0.250. The van der Waals surface area contributed by atoms with Gasteiger partial charge in [0.05, 0.1) is 5.60 Å². The number of piperidine rings is 1. The second-order valence-electron chi connectivity index (χ2n) is 9.31. The van der Waals surface area contributed by atoms with Gasteiger partial charge in [0.15, 0.2) is 0 Å². The summed E-state index contributed by atoms with van der Waals surface area (Å²) in [5.74, 6) is -0.856. The zero-order chi connectivity index (χ0) is 24.6. The molecule has 5 rings (SSSR count). The Balaban J connectivity index is 1.57. The molecular weight excluding hydrogens is 486 g/mol. The fourth-order valence-corrected chi connectivity index (χ4v) is 5.56. The van der Waals surface area contributed by atoms with E-state index in [0.717, 1.165) is 16.5 Å². The molecule has 1 fully saturated rings. The van der Waals surface area contributed by atoms with Gasteiger partial charge in [-0.3, -0.25) is 4.79 Å². The van der Waals surface area contributed by atoms with E-state index in [-0.39, 0.29) is 17.4 Å². The number of rotatable bonds is 5. The van der Waals surface area contributed by atoms with Gasteiger partial charge in [-0.25, -0.2) is 4.39 Å². The molecule has 0 amide bonds. The lowest BCUT2D eigenvalue weighted by Gasteiger charge is -2.43. The van der Waals surface area contributed by atoms with Gasteiger partial charge in [0, 0.05) is 33.1 Å². The molecule has 4 nitrogen and oxygen atoms in total. The lowest BCUT2D eigenvalue weighted by atomic mass is 9.70. The van der Waals surface area contributed by atoms with Crippen molar-refractivity contribution in [1.29, 1.82) is 0 Å². The van der Waals surface area contributed by atoms with Crippen LogP contribution in [0.1, 0.15) is 35.4 Å². The molecule has 1 saturated heterocycles. The van der Waals surface area contributed by atoms with Crippen molar-refractivity contribution in [1.82, 2.24) is 10.3 Å². The number of nitrogens with one attached hydrogen (secondary N) is 2. The van der Waals surface area contributed by atoms with Crippen LogP contribution in [0.2, 0.25) is 10.0 Å². The number of pyridine rings is 1. The summed E-state index contributed by atoms with van der Waals surface area (Å²) >= 11 is 12.4. The number of aromatic nitrogens is 1. The number of fused-ring (bicyclic) bond motifs is 1. The highest BCUT2D eigenvalue weighted by Gasteiger charge is 2.43. The van der Waals surface area contributed by atoms with Gasteiger partial charge in [-0.15, -0.1) is 0 Å². The number of benzene rings is 3. The van der Waals surface area contributed by atoms with E-state index >= 15 is 0 Å². The molecule has 35 heavy (non-hydrogen) atoms. The molecule has 3 aromatic carbocycles. The van der Waals surface area contributed by atoms with Gasteiger partial charge in [-0.05, 0) is 90.9 Å². The summed E-state index contributed by atoms with van der Waals surface area (Å²) in [4.78, 5) is 16.3. The Bertz CT molecular complexity index is 1410.